The Bertz CT molecular complexity index is 489. The van der Waals surface area contributed by atoms with Crippen molar-refractivity contribution in [2.45, 2.75) is 19.3 Å². The first-order chi connectivity index (χ1) is 8.36. The summed E-state index contributed by atoms with van der Waals surface area (Å²) in [6.07, 6.45) is 5.22. The Morgan fingerprint density at radius 1 is 1.59 bits per heavy atom. The van der Waals surface area contributed by atoms with Gasteiger partial charge in [0, 0.05) is 4.88 Å². The largest absolute Gasteiger partial charge is 0.462 e. The molecule has 0 radical (unpaired) electrons. The van der Waals surface area contributed by atoms with E-state index in [0.29, 0.717) is 0 Å². The molecule has 1 atom stereocenters. The van der Waals surface area contributed by atoms with Crippen molar-refractivity contribution in [2.24, 2.45) is 5.92 Å². The average Bonchev–Trinajstić information content (AvgIpc) is 2.97. The number of nitrogens with zero attached hydrogens (tertiary/aromatic N) is 1. The molecule has 0 saturated heterocycles. The van der Waals surface area contributed by atoms with Gasteiger partial charge in [0.2, 0.25) is 0 Å². The van der Waals surface area contributed by atoms with E-state index in [1.165, 1.54) is 17.0 Å². The molecule has 2 aromatic rings. The zero-order chi connectivity index (χ0) is 11.7. The highest BCUT2D eigenvalue weighted by Gasteiger charge is 2.22. The Kier molecular flexibility index (Phi) is 2.99. The van der Waals surface area contributed by atoms with Gasteiger partial charge < -0.3 is 9.73 Å². The standard InChI is InChI=1S/C13H16N2OS/c1-14-8-9-4-5-10-12(7-9)17-13(15-10)11-3-2-6-16-11/h2-3,6,9,14H,4-5,7-8H2,1H3. The summed E-state index contributed by atoms with van der Waals surface area (Å²) in [5.41, 5.74) is 1.29. The smallest absolute Gasteiger partial charge is 0.162 e. The molecule has 1 N–H and O–H groups in total. The van der Waals surface area contributed by atoms with Crippen molar-refractivity contribution in [3.05, 3.63) is 29.0 Å². The van der Waals surface area contributed by atoms with Crippen LogP contribution in [0.15, 0.2) is 22.8 Å². The number of hydrogen-bond acceptors (Lipinski definition) is 4. The lowest BCUT2D eigenvalue weighted by molar-refractivity contribution is 0.441. The monoisotopic (exact) mass is 248 g/mol. The Labute approximate surface area is 105 Å². The first-order valence-electron chi connectivity index (χ1n) is 6.04. The Balaban J connectivity index is 1.84. The van der Waals surface area contributed by atoms with Gasteiger partial charge in [0.1, 0.15) is 0 Å². The Morgan fingerprint density at radius 2 is 2.53 bits per heavy atom. The number of furan rings is 1. The molecule has 1 aliphatic rings. The molecule has 3 nitrogen and oxygen atoms in total. The second-order valence-corrected chi connectivity index (χ2v) is 5.62. The van der Waals surface area contributed by atoms with E-state index in [1.807, 2.05) is 19.2 Å². The summed E-state index contributed by atoms with van der Waals surface area (Å²) in [4.78, 5) is 6.14. The molecule has 2 aromatic heterocycles. The lowest BCUT2D eigenvalue weighted by Gasteiger charge is -2.20. The van der Waals surface area contributed by atoms with Crippen LogP contribution in [-0.4, -0.2) is 18.6 Å². The van der Waals surface area contributed by atoms with Crippen LogP contribution in [0.5, 0.6) is 0 Å². The van der Waals surface area contributed by atoms with Crippen molar-refractivity contribution >= 4 is 11.3 Å². The quantitative estimate of drug-likeness (QED) is 0.907. The van der Waals surface area contributed by atoms with Crippen LogP contribution in [-0.2, 0) is 12.8 Å². The highest BCUT2D eigenvalue weighted by Crippen LogP contribution is 2.34. The van der Waals surface area contributed by atoms with E-state index in [1.54, 1.807) is 17.6 Å². The van der Waals surface area contributed by atoms with Gasteiger partial charge in [0.05, 0.1) is 12.0 Å². The molecule has 0 spiro atoms. The lowest BCUT2D eigenvalue weighted by atomic mass is 9.91. The number of thiazole rings is 1. The van der Waals surface area contributed by atoms with Crippen LogP contribution < -0.4 is 5.32 Å². The molecule has 4 heteroatoms. The molecule has 0 aliphatic heterocycles. The number of nitrogens with one attached hydrogen (secondary N) is 1. The molecule has 2 heterocycles. The summed E-state index contributed by atoms with van der Waals surface area (Å²) in [7, 11) is 2.02. The van der Waals surface area contributed by atoms with Gasteiger partial charge in [-0.2, -0.15) is 0 Å². The van der Waals surface area contributed by atoms with Crippen LogP contribution >= 0.6 is 11.3 Å². The van der Waals surface area contributed by atoms with Gasteiger partial charge in [-0.05, 0) is 50.9 Å². The van der Waals surface area contributed by atoms with Gasteiger partial charge in [-0.1, -0.05) is 0 Å². The Hall–Kier alpha value is -1.13. The van der Waals surface area contributed by atoms with Crippen molar-refractivity contribution in [1.29, 1.82) is 0 Å². The third-order valence-corrected chi connectivity index (χ3v) is 4.40. The number of aryl methyl sites for hydroxylation is 1. The minimum atomic E-state index is 0.761. The summed E-state index contributed by atoms with van der Waals surface area (Å²) in [5.74, 6) is 1.66. The minimum absolute atomic E-state index is 0.761. The molecule has 0 amide bonds. The lowest BCUT2D eigenvalue weighted by Crippen LogP contribution is -2.24. The van der Waals surface area contributed by atoms with Gasteiger partial charge in [-0.15, -0.1) is 11.3 Å². The van der Waals surface area contributed by atoms with E-state index in [9.17, 15) is 0 Å². The molecule has 1 unspecified atom stereocenters. The SMILES string of the molecule is CNCC1CCc2nc(-c3ccco3)sc2C1. The van der Waals surface area contributed by atoms with Crippen molar-refractivity contribution in [3.8, 4) is 10.8 Å². The topological polar surface area (TPSA) is 38.1 Å². The second-order valence-electron chi connectivity index (χ2n) is 4.53. The average molecular weight is 248 g/mol. The summed E-state index contributed by atoms with van der Waals surface area (Å²) < 4.78 is 5.41. The van der Waals surface area contributed by atoms with Crippen molar-refractivity contribution in [1.82, 2.24) is 10.3 Å². The zero-order valence-electron chi connectivity index (χ0n) is 9.90. The normalized spacial score (nSPS) is 19.2. The fourth-order valence-corrected chi connectivity index (χ4v) is 3.60. The Morgan fingerprint density at radius 3 is 3.29 bits per heavy atom. The van der Waals surface area contributed by atoms with Crippen molar-refractivity contribution < 1.29 is 4.42 Å². The van der Waals surface area contributed by atoms with E-state index in [4.69, 9.17) is 9.40 Å². The van der Waals surface area contributed by atoms with Gasteiger partial charge >= 0.3 is 0 Å². The molecule has 1 aliphatic carbocycles. The summed E-state index contributed by atoms with van der Waals surface area (Å²) in [6.45, 7) is 1.10. The van der Waals surface area contributed by atoms with Crippen molar-refractivity contribution in [2.75, 3.05) is 13.6 Å². The molecule has 90 valence electrons. The predicted molar refractivity (Wildman–Crippen MR) is 69.3 cm³/mol. The maximum absolute atomic E-state index is 5.41. The maximum atomic E-state index is 5.41. The van der Waals surface area contributed by atoms with Crippen LogP contribution in [0.3, 0.4) is 0 Å². The third-order valence-electron chi connectivity index (χ3n) is 3.27. The molecule has 0 fully saturated rings. The zero-order valence-corrected chi connectivity index (χ0v) is 10.7. The fourth-order valence-electron chi connectivity index (χ4n) is 2.41. The molecular weight excluding hydrogens is 232 g/mol. The molecule has 3 rings (SSSR count). The van der Waals surface area contributed by atoms with Crippen LogP contribution in [0.25, 0.3) is 10.8 Å². The molecule has 0 aromatic carbocycles. The predicted octanol–water partition coefficient (Wildman–Crippen LogP) is 2.73. The summed E-state index contributed by atoms with van der Waals surface area (Å²) in [6, 6.07) is 3.90. The van der Waals surface area contributed by atoms with Gasteiger partial charge in [0.15, 0.2) is 10.8 Å². The molecule has 17 heavy (non-hydrogen) atoms. The van der Waals surface area contributed by atoms with Crippen LogP contribution in [0.4, 0.5) is 0 Å². The van der Waals surface area contributed by atoms with E-state index < -0.39 is 0 Å². The number of hydrogen-bond donors (Lipinski definition) is 1. The fraction of sp³-hybridized carbons (Fsp3) is 0.462. The van der Waals surface area contributed by atoms with Crippen LogP contribution in [0.2, 0.25) is 0 Å². The van der Waals surface area contributed by atoms with E-state index >= 15 is 0 Å². The minimum Gasteiger partial charge on any atom is -0.462 e. The molecular formula is C13H16N2OS. The number of aromatic nitrogens is 1. The third kappa shape index (κ3) is 2.15. The molecule has 0 bridgehead atoms. The highest BCUT2D eigenvalue weighted by molar-refractivity contribution is 7.15. The maximum Gasteiger partial charge on any atom is 0.162 e. The van der Waals surface area contributed by atoms with Crippen LogP contribution in [0.1, 0.15) is 17.0 Å². The highest BCUT2D eigenvalue weighted by atomic mass is 32.1. The second kappa shape index (κ2) is 4.63. The summed E-state index contributed by atoms with van der Waals surface area (Å²) in [5, 5.41) is 4.30. The molecule has 0 saturated carbocycles. The van der Waals surface area contributed by atoms with E-state index in [0.717, 1.165) is 36.1 Å². The van der Waals surface area contributed by atoms with Crippen LogP contribution in [0, 0.1) is 5.92 Å². The van der Waals surface area contributed by atoms with Gasteiger partial charge in [-0.3, -0.25) is 0 Å². The van der Waals surface area contributed by atoms with Crippen molar-refractivity contribution in [3.63, 3.8) is 0 Å². The number of rotatable bonds is 3. The van der Waals surface area contributed by atoms with E-state index in [-0.39, 0.29) is 0 Å². The summed E-state index contributed by atoms with van der Waals surface area (Å²) >= 11 is 1.79. The first kappa shape index (κ1) is 11.0. The first-order valence-corrected chi connectivity index (χ1v) is 6.85. The van der Waals surface area contributed by atoms with E-state index in [2.05, 4.69) is 5.32 Å². The van der Waals surface area contributed by atoms with Gasteiger partial charge in [-0.25, -0.2) is 4.98 Å². The number of fused-ring (bicyclic) bond motifs is 1. The van der Waals surface area contributed by atoms with Gasteiger partial charge in [0.25, 0.3) is 0 Å².